The number of thioether (sulfide) groups is 1. The van der Waals surface area contributed by atoms with Gasteiger partial charge in [-0.05, 0) is 42.0 Å². The van der Waals surface area contributed by atoms with Crippen LogP contribution in [0.25, 0.3) is 5.69 Å². The predicted molar refractivity (Wildman–Crippen MR) is 101 cm³/mol. The van der Waals surface area contributed by atoms with Crippen molar-refractivity contribution in [2.24, 2.45) is 0 Å². The van der Waals surface area contributed by atoms with Gasteiger partial charge < -0.3 is 4.90 Å². The lowest BCUT2D eigenvalue weighted by molar-refractivity contribution is 0.0760. The van der Waals surface area contributed by atoms with Crippen LogP contribution in [0.5, 0.6) is 0 Å². The van der Waals surface area contributed by atoms with E-state index >= 15 is 0 Å². The van der Waals surface area contributed by atoms with Crippen molar-refractivity contribution in [3.63, 3.8) is 0 Å². The molecule has 3 aromatic rings. The molecule has 0 N–H and O–H groups in total. The van der Waals surface area contributed by atoms with Crippen LogP contribution in [0.4, 0.5) is 0 Å². The number of benzene rings is 2. The summed E-state index contributed by atoms with van der Waals surface area (Å²) >= 11 is 7.76. The molecule has 1 atom stereocenters. The first kappa shape index (κ1) is 16.2. The number of amides is 1. The third-order valence-electron chi connectivity index (χ3n) is 4.17. The monoisotopic (exact) mass is 369 g/mol. The molecule has 4 nitrogen and oxygen atoms in total. The van der Waals surface area contributed by atoms with Crippen molar-refractivity contribution in [1.82, 2.24) is 14.7 Å². The quantitative estimate of drug-likeness (QED) is 0.686. The zero-order valence-electron chi connectivity index (χ0n) is 13.4. The summed E-state index contributed by atoms with van der Waals surface area (Å²) in [6, 6.07) is 17.2. The number of carbonyl (C=O) groups is 1. The van der Waals surface area contributed by atoms with Crippen molar-refractivity contribution in [3.05, 3.63) is 83.1 Å². The molecule has 6 heteroatoms. The van der Waals surface area contributed by atoms with E-state index in [2.05, 4.69) is 5.10 Å². The number of carbonyl (C=O) groups excluding carboxylic acids is 1. The average Bonchev–Trinajstić information content (AvgIpc) is 3.34. The van der Waals surface area contributed by atoms with Crippen LogP contribution in [0.1, 0.15) is 21.3 Å². The summed E-state index contributed by atoms with van der Waals surface area (Å²) in [6.45, 7) is 0.739. The highest BCUT2D eigenvalue weighted by Gasteiger charge is 2.31. The van der Waals surface area contributed by atoms with Crippen molar-refractivity contribution in [2.75, 3.05) is 12.3 Å². The second kappa shape index (κ2) is 6.94. The van der Waals surface area contributed by atoms with Crippen LogP contribution in [-0.2, 0) is 0 Å². The highest BCUT2D eigenvalue weighted by molar-refractivity contribution is 7.99. The molecule has 1 unspecified atom stereocenters. The molecule has 1 aromatic heterocycles. The third kappa shape index (κ3) is 3.30. The second-order valence-electron chi connectivity index (χ2n) is 5.77. The largest absolute Gasteiger partial charge is 0.322 e. The molecule has 0 aliphatic carbocycles. The van der Waals surface area contributed by atoms with Crippen LogP contribution >= 0.6 is 23.4 Å². The Labute approximate surface area is 155 Å². The molecule has 1 saturated heterocycles. The first-order valence-corrected chi connectivity index (χ1v) is 9.43. The van der Waals surface area contributed by atoms with Crippen molar-refractivity contribution in [2.45, 2.75) is 5.37 Å². The van der Waals surface area contributed by atoms with Gasteiger partial charge in [0.05, 0.1) is 5.69 Å². The summed E-state index contributed by atoms with van der Waals surface area (Å²) < 4.78 is 1.76. The van der Waals surface area contributed by atoms with Crippen molar-refractivity contribution < 1.29 is 4.79 Å². The Morgan fingerprint density at radius 1 is 1.16 bits per heavy atom. The van der Waals surface area contributed by atoms with Crippen LogP contribution in [0, 0.1) is 0 Å². The van der Waals surface area contributed by atoms with Gasteiger partial charge in [0.1, 0.15) is 5.37 Å². The van der Waals surface area contributed by atoms with Crippen LogP contribution in [0.15, 0.2) is 67.0 Å². The number of nitrogens with zero attached hydrogens (tertiary/aromatic N) is 3. The van der Waals surface area contributed by atoms with E-state index in [1.54, 1.807) is 22.6 Å². The number of hydrogen-bond donors (Lipinski definition) is 0. The Kier molecular flexibility index (Phi) is 4.51. The van der Waals surface area contributed by atoms with Crippen LogP contribution in [0.3, 0.4) is 0 Å². The average molecular weight is 370 g/mol. The van der Waals surface area contributed by atoms with Gasteiger partial charge in [-0.2, -0.15) is 5.10 Å². The molecule has 0 bridgehead atoms. The molecule has 1 fully saturated rings. The summed E-state index contributed by atoms with van der Waals surface area (Å²) in [7, 11) is 0. The van der Waals surface area contributed by atoms with Gasteiger partial charge in [0.2, 0.25) is 0 Å². The third-order valence-corrected chi connectivity index (χ3v) is 5.68. The minimum atomic E-state index is 0.0260. The van der Waals surface area contributed by atoms with Crippen molar-refractivity contribution in [3.8, 4) is 5.69 Å². The van der Waals surface area contributed by atoms with E-state index in [0.717, 1.165) is 23.5 Å². The Bertz CT molecular complexity index is 880. The minimum absolute atomic E-state index is 0.0260. The topological polar surface area (TPSA) is 38.1 Å². The zero-order valence-corrected chi connectivity index (χ0v) is 15.0. The highest BCUT2D eigenvalue weighted by Crippen LogP contribution is 2.39. The summed E-state index contributed by atoms with van der Waals surface area (Å²) in [5.74, 6) is 0.969. The smallest absolute Gasteiger partial charge is 0.255 e. The summed E-state index contributed by atoms with van der Waals surface area (Å²) in [4.78, 5) is 15.0. The van der Waals surface area contributed by atoms with Gasteiger partial charge >= 0.3 is 0 Å². The summed E-state index contributed by atoms with van der Waals surface area (Å²) in [5, 5.41) is 4.96. The summed E-state index contributed by atoms with van der Waals surface area (Å²) in [5.41, 5.74) is 2.66. The van der Waals surface area contributed by atoms with E-state index < -0.39 is 0 Å². The van der Waals surface area contributed by atoms with Gasteiger partial charge in [0.25, 0.3) is 5.91 Å². The molecule has 0 saturated carbocycles. The van der Waals surface area contributed by atoms with Crippen molar-refractivity contribution in [1.29, 1.82) is 0 Å². The molecule has 2 aromatic carbocycles. The maximum absolute atomic E-state index is 13.1. The highest BCUT2D eigenvalue weighted by atomic mass is 35.5. The van der Waals surface area contributed by atoms with E-state index in [9.17, 15) is 4.79 Å². The van der Waals surface area contributed by atoms with E-state index in [-0.39, 0.29) is 11.3 Å². The molecule has 1 aliphatic rings. The van der Waals surface area contributed by atoms with Gasteiger partial charge in [-0.25, -0.2) is 4.68 Å². The first-order chi connectivity index (χ1) is 12.2. The minimum Gasteiger partial charge on any atom is -0.322 e. The van der Waals surface area contributed by atoms with Gasteiger partial charge in [-0.3, -0.25) is 4.79 Å². The Morgan fingerprint density at radius 3 is 2.76 bits per heavy atom. The molecule has 4 rings (SSSR count). The first-order valence-electron chi connectivity index (χ1n) is 8.00. The Hall–Kier alpha value is -2.24. The lowest BCUT2D eigenvalue weighted by atomic mass is 10.1. The maximum Gasteiger partial charge on any atom is 0.255 e. The molecule has 1 aliphatic heterocycles. The lowest BCUT2D eigenvalue weighted by Crippen LogP contribution is -2.30. The molecule has 0 radical (unpaired) electrons. The molecule has 0 spiro atoms. The van der Waals surface area contributed by atoms with Gasteiger partial charge in [-0.15, -0.1) is 11.8 Å². The van der Waals surface area contributed by atoms with E-state index in [0.29, 0.717) is 10.6 Å². The molecule has 2 heterocycles. The normalized spacial score (nSPS) is 17.0. The van der Waals surface area contributed by atoms with Crippen molar-refractivity contribution >= 4 is 29.3 Å². The fourth-order valence-corrected chi connectivity index (χ4v) is 4.33. The van der Waals surface area contributed by atoms with Crippen LogP contribution in [-0.4, -0.2) is 32.9 Å². The number of rotatable bonds is 3. The summed E-state index contributed by atoms with van der Waals surface area (Å²) in [6.07, 6.45) is 3.59. The van der Waals surface area contributed by atoms with E-state index in [4.69, 9.17) is 11.6 Å². The Balaban J connectivity index is 1.61. The number of hydrogen-bond acceptors (Lipinski definition) is 3. The fourth-order valence-electron chi connectivity index (χ4n) is 2.95. The second-order valence-corrected chi connectivity index (χ2v) is 7.40. The van der Waals surface area contributed by atoms with Crippen LogP contribution < -0.4 is 0 Å². The molecular formula is C19H16ClN3OS. The van der Waals surface area contributed by atoms with E-state index in [1.165, 1.54) is 0 Å². The number of aromatic nitrogens is 2. The Morgan fingerprint density at radius 2 is 2.00 bits per heavy atom. The standard InChI is InChI=1S/C19H16ClN3OS/c20-16-7-5-14(6-8-16)19-22(11-12-25-19)18(24)15-3-1-4-17(13-15)23-10-2-9-21-23/h1-10,13,19H,11-12H2. The molecule has 126 valence electrons. The molecular weight excluding hydrogens is 354 g/mol. The predicted octanol–water partition coefficient (Wildman–Crippen LogP) is 4.41. The number of halogens is 1. The maximum atomic E-state index is 13.1. The van der Waals surface area contributed by atoms with Gasteiger partial charge in [0, 0.05) is 35.3 Å². The fraction of sp³-hybridized carbons (Fsp3) is 0.158. The van der Waals surface area contributed by atoms with Crippen LogP contribution in [0.2, 0.25) is 5.02 Å². The van der Waals surface area contributed by atoms with E-state index in [1.807, 2.05) is 65.7 Å². The SMILES string of the molecule is O=C(c1cccc(-n2cccn2)c1)N1CCSC1c1ccc(Cl)cc1. The zero-order chi connectivity index (χ0) is 17.2. The molecule has 1 amide bonds. The lowest BCUT2D eigenvalue weighted by Gasteiger charge is -2.24. The van der Waals surface area contributed by atoms with Gasteiger partial charge in [0.15, 0.2) is 0 Å². The van der Waals surface area contributed by atoms with Gasteiger partial charge in [-0.1, -0.05) is 29.8 Å². The molecule has 25 heavy (non-hydrogen) atoms.